The van der Waals surface area contributed by atoms with E-state index in [2.05, 4.69) is 17.3 Å². The van der Waals surface area contributed by atoms with Gasteiger partial charge in [0, 0.05) is 18.2 Å². The first kappa shape index (κ1) is 15.8. The van der Waals surface area contributed by atoms with Gasteiger partial charge in [-0.15, -0.1) is 0 Å². The molecule has 3 fully saturated rings. The van der Waals surface area contributed by atoms with Crippen LogP contribution in [0.1, 0.15) is 70.6 Å². The zero-order valence-corrected chi connectivity index (χ0v) is 13.9. The van der Waals surface area contributed by atoms with Crippen molar-refractivity contribution in [2.24, 2.45) is 0 Å². The number of nitrogens with zero attached hydrogens (tertiary/aromatic N) is 1. The van der Waals surface area contributed by atoms with Crippen molar-refractivity contribution in [3.8, 4) is 0 Å². The van der Waals surface area contributed by atoms with Gasteiger partial charge >= 0.3 is 0 Å². The molecule has 0 amide bonds. The van der Waals surface area contributed by atoms with Gasteiger partial charge in [-0.3, -0.25) is 4.90 Å². The van der Waals surface area contributed by atoms with E-state index in [4.69, 9.17) is 4.74 Å². The van der Waals surface area contributed by atoms with Crippen molar-refractivity contribution in [1.82, 2.24) is 10.2 Å². The zero-order chi connectivity index (χ0) is 14.5. The maximum Gasteiger partial charge on any atom is 0.0576 e. The van der Waals surface area contributed by atoms with Crippen molar-refractivity contribution in [2.45, 2.75) is 88.3 Å². The summed E-state index contributed by atoms with van der Waals surface area (Å²) in [6, 6.07) is 0.655. The highest BCUT2D eigenvalue weighted by atomic mass is 16.5. The summed E-state index contributed by atoms with van der Waals surface area (Å²) in [6.07, 6.45) is 15.6. The molecule has 2 aliphatic heterocycles. The summed E-state index contributed by atoms with van der Waals surface area (Å²) in [5.41, 5.74) is 0.452. The molecule has 0 radical (unpaired) electrons. The highest BCUT2D eigenvalue weighted by molar-refractivity contribution is 5.04. The van der Waals surface area contributed by atoms with Crippen LogP contribution in [0.3, 0.4) is 0 Å². The molecule has 0 aromatic heterocycles. The quantitative estimate of drug-likeness (QED) is 0.813. The van der Waals surface area contributed by atoms with Crippen molar-refractivity contribution in [3.63, 3.8) is 0 Å². The average molecular weight is 294 g/mol. The summed E-state index contributed by atoms with van der Waals surface area (Å²) < 4.78 is 5.85. The topological polar surface area (TPSA) is 24.5 Å². The van der Waals surface area contributed by atoms with Gasteiger partial charge in [0.25, 0.3) is 0 Å². The molecule has 3 aliphatic rings. The van der Waals surface area contributed by atoms with Crippen LogP contribution in [-0.2, 0) is 4.74 Å². The molecule has 3 heteroatoms. The average Bonchev–Trinajstić information content (AvgIpc) is 3.21. The van der Waals surface area contributed by atoms with Crippen molar-refractivity contribution in [3.05, 3.63) is 0 Å². The van der Waals surface area contributed by atoms with Crippen LogP contribution in [-0.4, -0.2) is 49.3 Å². The SMILES string of the molecule is CNC(CCC1CCCO1)C1(N2CCCCC2)CCCC1. The molecular weight excluding hydrogens is 260 g/mol. The van der Waals surface area contributed by atoms with Gasteiger partial charge in [-0.25, -0.2) is 0 Å². The smallest absolute Gasteiger partial charge is 0.0576 e. The van der Waals surface area contributed by atoms with Gasteiger partial charge < -0.3 is 10.1 Å². The predicted molar refractivity (Wildman–Crippen MR) is 87.7 cm³/mol. The van der Waals surface area contributed by atoms with Crippen LogP contribution in [0.25, 0.3) is 0 Å². The first-order chi connectivity index (χ1) is 10.3. The van der Waals surface area contributed by atoms with E-state index in [1.807, 2.05) is 0 Å². The first-order valence-electron chi connectivity index (χ1n) is 9.39. The minimum atomic E-state index is 0.452. The number of likely N-dealkylation sites (N-methyl/N-ethyl adjacent to an activating group) is 1. The standard InChI is InChI=1S/C18H34N2O/c1-19-17(10-9-16-8-7-15-21-16)18(11-3-4-12-18)20-13-5-2-6-14-20/h16-17,19H,2-15H2,1H3. The molecule has 21 heavy (non-hydrogen) atoms. The van der Waals surface area contributed by atoms with Crippen LogP contribution in [0, 0.1) is 0 Å². The Kier molecular flexibility index (Phi) is 5.58. The Hall–Kier alpha value is -0.120. The first-order valence-corrected chi connectivity index (χ1v) is 9.39. The van der Waals surface area contributed by atoms with Crippen LogP contribution in [0.4, 0.5) is 0 Å². The van der Waals surface area contributed by atoms with E-state index in [-0.39, 0.29) is 0 Å². The summed E-state index contributed by atoms with van der Waals surface area (Å²) in [4.78, 5) is 2.86. The molecule has 0 aromatic rings. The number of hydrogen-bond acceptors (Lipinski definition) is 3. The number of rotatable bonds is 6. The zero-order valence-electron chi connectivity index (χ0n) is 13.9. The predicted octanol–water partition coefficient (Wildman–Crippen LogP) is 3.33. The highest BCUT2D eigenvalue weighted by Gasteiger charge is 2.45. The van der Waals surface area contributed by atoms with E-state index >= 15 is 0 Å². The number of likely N-dealkylation sites (tertiary alicyclic amines) is 1. The van der Waals surface area contributed by atoms with E-state index in [0.29, 0.717) is 17.7 Å². The Labute approximate surface area is 130 Å². The van der Waals surface area contributed by atoms with E-state index in [0.717, 1.165) is 6.61 Å². The number of piperidine rings is 1. The molecule has 0 spiro atoms. The lowest BCUT2D eigenvalue weighted by atomic mass is 9.81. The number of nitrogens with one attached hydrogen (secondary N) is 1. The summed E-state index contributed by atoms with van der Waals surface area (Å²) in [5, 5.41) is 3.71. The fourth-order valence-electron chi connectivity index (χ4n) is 5.12. The van der Waals surface area contributed by atoms with Crippen molar-refractivity contribution in [2.75, 3.05) is 26.7 Å². The lowest BCUT2D eigenvalue weighted by Gasteiger charge is -2.48. The Balaban J connectivity index is 1.64. The highest BCUT2D eigenvalue weighted by Crippen LogP contribution is 2.41. The van der Waals surface area contributed by atoms with Crippen LogP contribution in [0.2, 0.25) is 0 Å². The molecule has 3 nitrogen and oxygen atoms in total. The Morgan fingerprint density at radius 1 is 1.10 bits per heavy atom. The Bertz CT molecular complexity index is 302. The minimum absolute atomic E-state index is 0.452. The maximum absolute atomic E-state index is 5.85. The fraction of sp³-hybridized carbons (Fsp3) is 1.00. The molecule has 1 saturated carbocycles. The second-order valence-electron chi connectivity index (χ2n) is 7.41. The number of ether oxygens (including phenoxy) is 1. The Morgan fingerprint density at radius 2 is 1.86 bits per heavy atom. The normalized spacial score (nSPS) is 31.6. The van der Waals surface area contributed by atoms with Crippen molar-refractivity contribution >= 4 is 0 Å². The number of hydrogen-bond donors (Lipinski definition) is 1. The minimum Gasteiger partial charge on any atom is -0.378 e. The lowest BCUT2D eigenvalue weighted by molar-refractivity contribution is 0.0282. The van der Waals surface area contributed by atoms with Gasteiger partial charge in [0.15, 0.2) is 0 Å². The van der Waals surface area contributed by atoms with Gasteiger partial charge in [-0.05, 0) is 71.5 Å². The van der Waals surface area contributed by atoms with Gasteiger partial charge in [-0.2, -0.15) is 0 Å². The molecule has 1 N–H and O–H groups in total. The third kappa shape index (κ3) is 3.46. The van der Waals surface area contributed by atoms with Crippen molar-refractivity contribution in [1.29, 1.82) is 0 Å². The molecule has 122 valence electrons. The molecule has 3 rings (SSSR count). The summed E-state index contributed by atoms with van der Waals surface area (Å²) >= 11 is 0. The van der Waals surface area contributed by atoms with E-state index in [1.165, 1.54) is 83.7 Å². The van der Waals surface area contributed by atoms with Crippen LogP contribution < -0.4 is 5.32 Å². The molecule has 0 bridgehead atoms. The van der Waals surface area contributed by atoms with Gasteiger partial charge in [0.1, 0.15) is 0 Å². The van der Waals surface area contributed by atoms with Crippen LogP contribution in [0.15, 0.2) is 0 Å². The van der Waals surface area contributed by atoms with Gasteiger partial charge in [-0.1, -0.05) is 19.3 Å². The molecule has 2 unspecified atom stereocenters. The lowest BCUT2D eigenvalue weighted by Crippen LogP contribution is -2.60. The van der Waals surface area contributed by atoms with Crippen molar-refractivity contribution < 1.29 is 4.74 Å². The monoisotopic (exact) mass is 294 g/mol. The molecule has 2 saturated heterocycles. The van der Waals surface area contributed by atoms with Gasteiger partial charge in [0.2, 0.25) is 0 Å². The molecular formula is C18H34N2O. The summed E-state index contributed by atoms with van der Waals surface area (Å²) in [6.45, 7) is 3.66. The van der Waals surface area contributed by atoms with Crippen LogP contribution >= 0.6 is 0 Å². The summed E-state index contributed by atoms with van der Waals surface area (Å²) in [7, 11) is 2.18. The van der Waals surface area contributed by atoms with E-state index in [9.17, 15) is 0 Å². The van der Waals surface area contributed by atoms with E-state index < -0.39 is 0 Å². The fourth-order valence-corrected chi connectivity index (χ4v) is 5.12. The molecule has 2 atom stereocenters. The largest absolute Gasteiger partial charge is 0.378 e. The third-order valence-corrected chi connectivity index (χ3v) is 6.25. The summed E-state index contributed by atoms with van der Waals surface area (Å²) in [5.74, 6) is 0. The Morgan fingerprint density at radius 3 is 2.48 bits per heavy atom. The molecule has 2 heterocycles. The third-order valence-electron chi connectivity index (χ3n) is 6.25. The second-order valence-corrected chi connectivity index (χ2v) is 7.41. The maximum atomic E-state index is 5.85. The van der Waals surface area contributed by atoms with Gasteiger partial charge in [0.05, 0.1) is 6.10 Å². The molecule has 0 aromatic carbocycles. The second kappa shape index (κ2) is 7.43. The molecule has 1 aliphatic carbocycles. The van der Waals surface area contributed by atoms with E-state index in [1.54, 1.807) is 0 Å². The van der Waals surface area contributed by atoms with Crippen LogP contribution in [0.5, 0.6) is 0 Å².